The Morgan fingerprint density at radius 2 is 1.73 bits per heavy atom. The zero-order chi connectivity index (χ0) is 15.9. The number of nitriles is 2. The highest BCUT2D eigenvalue weighted by Gasteiger charge is 2.56. The molecule has 1 aromatic carbocycles. The van der Waals surface area contributed by atoms with Gasteiger partial charge in [0.2, 0.25) is 11.8 Å². The molecule has 0 bridgehead atoms. The standard InChI is InChI=1S/C16H11N3O3/c1-16(13-6-9-4-2-3-5-12(9)22-13)10(7-17)14(20)19-15(21)11(16)8-18/h2-6,10-11H,1H3,(H,19,20,21). The molecule has 1 fully saturated rings. The quantitative estimate of drug-likeness (QED) is 0.804. The minimum atomic E-state index is -1.33. The number of carbonyl (C=O) groups is 2. The Labute approximate surface area is 125 Å². The van der Waals surface area contributed by atoms with Crippen LogP contribution < -0.4 is 5.32 Å². The lowest BCUT2D eigenvalue weighted by Crippen LogP contribution is -2.58. The van der Waals surface area contributed by atoms with Crippen molar-refractivity contribution in [2.45, 2.75) is 12.3 Å². The van der Waals surface area contributed by atoms with Gasteiger partial charge in [0.25, 0.3) is 0 Å². The van der Waals surface area contributed by atoms with E-state index in [1.807, 2.05) is 24.3 Å². The summed E-state index contributed by atoms with van der Waals surface area (Å²) in [6.07, 6.45) is 0. The number of fused-ring (bicyclic) bond motifs is 1. The van der Waals surface area contributed by atoms with Crippen LogP contribution in [0.1, 0.15) is 12.7 Å². The van der Waals surface area contributed by atoms with Gasteiger partial charge in [-0.2, -0.15) is 10.5 Å². The first-order valence-electron chi connectivity index (χ1n) is 6.65. The van der Waals surface area contributed by atoms with E-state index in [1.165, 1.54) is 0 Å². The number of carbonyl (C=O) groups excluding carboxylic acids is 2. The van der Waals surface area contributed by atoms with Gasteiger partial charge in [0, 0.05) is 5.39 Å². The molecule has 1 aromatic heterocycles. The van der Waals surface area contributed by atoms with Crippen molar-refractivity contribution in [2.24, 2.45) is 11.8 Å². The molecule has 108 valence electrons. The maximum atomic E-state index is 12.0. The first-order valence-corrected chi connectivity index (χ1v) is 6.65. The minimum absolute atomic E-state index is 0.287. The lowest BCUT2D eigenvalue weighted by Gasteiger charge is -2.37. The average molecular weight is 293 g/mol. The number of nitrogens with zero attached hydrogens (tertiary/aromatic N) is 2. The molecule has 0 spiro atoms. The Kier molecular flexibility index (Phi) is 2.97. The summed E-state index contributed by atoms with van der Waals surface area (Å²) in [4.78, 5) is 24.0. The molecule has 1 aliphatic rings. The molecule has 3 rings (SSSR count). The zero-order valence-corrected chi connectivity index (χ0v) is 11.7. The van der Waals surface area contributed by atoms with Gasteiger partial charge in [-0.1, -0.05) is 18.2 Å². The number of furan rings is 1. The minimum Gasteiger partial charge on any atom is -0.460 e. The number of hydrogen-bond acceptors (Lipinski definition) is 5. The van der Waals surface area contributed by atoms with E-state index in [2.05, 4.69) is 5.32 Å². The summed E-state index contributed by atoms with van der Waals surface area (Å²) < 4.78 is 5.74. The van der Waals surface area contributed by atoms with Crippen LogP contribution in [0.5, 0.6) is 0 Å². The van der Waals surface area contributed by atoms with Crippen LogP contribution in [0.25, 0.3) is 11.0 Å². The summed E-state index contributed by atoms with van der Waals surface area (Å²) in [7, 11) is 0. The van der Waals surface area contributed by atoms with Crippen LogP contribution in [-0.4, -0.2) is 11.8 Å². The molecule has 0 radical (unpaired) electrons. The number of hydrogen-bond donors (Lipinski definition) is 1. The summed E-state index contributed by atoms with van der Waals surface area (Å²) in [6.45, 7) is 1.54. The zero-order valence-electron chi connectivity index (χ0n) is 11.7. The summed E-state index contributed by atoms with van der Waals surface area (Å²) in [5, 5.41) is 21.6. The van der Waals surface area contributed by atoms with Gasteiger partial charge in [0.1, 0.15) is 23.2 Å². The van der Waals surface area contributed by atoms with Crippen molar-refractivity contribution in [3.05, 3.63) is 36.1 Å². The van der Waals surface area contributed by atoms with Crippen molar-refractivity contribution in [1.82, 2.24) is 5.32 Å². The largest absolute Gasteiger partial charge is 0.460 e. The topological polar surface area (TPSA) is 107 Å². The lowest BCUT2D eigenvalue weighted by molar-refractivity contribution is -0.141. The molecule has 0 aliphatic carbocycles. The van der Waals surface area contributed by atoms with Crippen LogP contribution in [0.2, 0.25) is 0 Å². The van der Waals surface area contributed by atoms with Crippen LogP contribution in [0.15, 0.2) is 34.7 Å². The molecule has 6 heteroatoms. The van der Waals surface area contributed by atoms with Crippen LogP contribution in [0.3, 0.4) is 0 Å². The van der Waals surface area contributed by atoms with Gasteiger partial charge >= 0.3 is 0 Å². The van der Waals surface area contributed by atoms with E-state index < -0.39 is 29.1 Å². The van der Waals surface area contributed by atoms with Gasteiger partial charge in [0.05, 0.1) is 17.6 Å². The Morgan fingerprint density at radius 1 is 1.14 bits per heavy atom. The molecule has 2 amide bonds. The number of para-hydroxylation sites is 1. The summed E-state index contributed by atoms with van der Waals surface area (Å²) >= 11 is 0. The molecule has 22 heavy (non-hydrogen) atoms. The molecule has 1 saturated heterocycles. The third kappa shape index (κ3) is 1.71. The maximum Gasteiger partial charge on any atom is 0.245 e. The smallest absolute Gasteiger partial charge is 0.245 e. The van der Waals surface area contributed by atoms with Crippen molar-refractivity contribution < 1.29 is 14.0 Å². The number of amides is 2. The van der Waals surface area contributed by atoms with E-state index in [4.69, 9.17) is 4.42 Å². The van der Waals surface area contributed by atoms with E-state index in [9.17, 15) is 20.1 Å². The summed E-state index contributed by atoms with van der Waals surface area (Å²) in [5.41, 5.74) is -0.757. The van der Waals surface area contributed by atoms with Crippen LogP contribution in [0, 0.1) is 34.5 Å². The number of rotatable bonds is 1. The fraction of sp³-hybridized carbons (Fsp3) is 0.250. The molecule has 6 nitrogen and oxygen atoms in total. The van der Waals surface area contributed by atoms with Gasteiger partial charge in [-0.25, -0.2) is 0 Å². The van der Waals surface area contributed by atoms with Gasteiger partial charge in [-0.15, -0.1) is 0 Å². The second-order valence-corrected chi connectivity index (χ2v) is 5.41. The average Bonchev–Trinajstić information content (AvgIpc) is 2.92. The Bertz CT molecular complexity index is 804. The van der Waals surface area contributed by atoms with E-state index in [0.717, 1.165) is 5.39 Å². The van der Waals surface area contributed by atoms with Gasteiger partial charge in [0.15, 0.2) is 0 Å². The molecular formula is C16H11N3O3. The first kappa shape index (κ1) is 13.8. The van der Waals surface area contributed by atoms with Crippen molar-refractivity contribution >= 4 is 22.8 Å². The normalized spacial score (nSPS) is 28.0. The first-order chi connectivity index (χ1) is 10.5. The summed E-state index contributed by atoms with van der Waals surface area (Å²) in [5.74, 6) is -3.50. The Hall–Kier alpha value is -3.12. The van der Waals surface area contributed by atoms with Gasteiger partial charge in [-0.05, 0) is 19.1 Å². The Balaban J connectivity index is 2.25. The fourth-order valence-corrected chi connectivity index (χ4v) is 2.89. The number of imide groups is 1. The number of piperidine rings is 1. The maximum absolute atomic E-state index is 12.0. The highest BCUT2D eigenvalue weighted by molar-refractivity contribution is 6.04. The van der Waals surface area contributed by atoms with Crippen LogP contribution >= 0.6 is 0 Å². The predicted octanol–water partition coefficient (Wildman–Crippen LogP) is 1.63. The molecular weight excluding hydrogens is 282 g/mol. The SMILES string of the molecule is CC1(c2cc3ccccc3o2)C(C#N)C(=O)NC(=O)C1C#N. The second kappa shape index (κ2) is 4.71. The molecule has 1 N–H and O–H groups in total. The third-order valence-electron chi connectivity index (χ3n) is 4.18. The van der Waals surface area contributed by atoms with E-state index in [0.29, 0.717) is 5.58 Å². The number of nitrogens with one attached hydrogen (secondary N) is 1. The molecule has 2 aromatic rings. The van der Waals surface area contributed by atoms with Crippen LogP contribution in [0.4, 0.5) is 0 Å². The van der Waals surface area contributed by atoms with Gasteiger partial charge < -0.3 is 4.42 Å². The molecule has 1 aliphatic heterocycles. The molecule has 2 unspecified atom stereocenters. The Morgan fingerprint density at radius 3 is 2.27 bits per heavy atom. The lowest BCUT2D eigenvalue weighted by atomic mass is 9.64. The third-order valence-corrected chi connectivity index (χ3v) is 4.18. The van der Waals surface area contributed by atoms with Gasteiger partial charge in [-0.3, -0.25) is 14.9 Å². The summed E-state index contributed by atoms with van der Waals surface area (Å²) in [6, 6.07) is 12.7. The van der Waals surface area contributed by atoms with Crippen LogP contribution in [-0.2, 0) is 15.0 Å². The van der Waals surface area contributed by atoms with E-state index in [-0.39, 0.29) is 5.76 Å². The predicted molar refractivity (Wildman–Crippen MR) is 74.9 cm³/mol. The molecule has 2 heterocycles. The highest BCUT2D eigenvalue weighted by Crippen LogP contribution is 2.43. The van der Waals surface area contributed by atoms with E-state index in [1.54, 1.807) is 25.1 Å². The van der Waals surface area contributed by atoms with Crippen molar-refractivity contribution in [2.75, 3.05) is 0 Å². The second-order valence-electron chi connectivity index (χ2n) is 5.41. The fourth-order valence-electron chi connectivity index (χ4n) is 2.89. The highest BCUT2D eigenvalue weighted by atomic mass is 16.3. The van der Waals surface area contributed by atoms with Crippen molar-refractivity contribution in [1.29, 1.82) is 10.5 Å². The van der Waals surface area contributed by atoms with Crippen molar-refractivity contribution in [3.8, 4) is 12.1 Å². The van der Waals surface area contributed by atoms with Crippen molar-refractivity contribution in [3.63, 3.8) is 0 Å². The molecule has 2 atom stereocenters. The molecule has 0 saturated carbocycles. The number of benzene rings is 1. The monoisotopic (exact) mass is 293 g/mol. The van der Waals surface area contributed by atoms with E-state index >= 15 is 0 Å².